The number of amides is 1. The van der Waals surface area contributed by atoms with Gasteiger partial charge in [-0.3, -0.25) is 9.59 Å². The monoisotopic (exact) mass is 300 g/mol. The minimum atomic E-state index is -0.981. The molecule has 6 nitrogen and oxygen atoms in total. The molecule has 1 aromatic carbocycles. The summed E-state index contributed by atoms with van der Waals surface area (Å²) in [7, 11) is 0. The van der Waals surface area contributed by atoms with Gasteiger partial charge in [-0.25, -0.2) is 0 Å². The number of hydrogen-bond donors (Lipinski definition) is 2. The van der Waals surface area contributed by atoms with E-state index in [1.54, 1.807) is 30.3 Å². The number of rotatable bonds is 6. The van der Waals surface area contributed by atoms with E-state index >= 15 is 0 Å². The summed E-state index contributed by atoms with van der Waals surface area (Å²) in [6.45, 7) is 0.00377. The smallest absolute Gasteiger partial charge is 0.312 e. The molecule has 1 aromatic heterocycles. The molecule has 1 amide bonds. The quantitative estimate of drug-likeness (QED) is 0.852. The molecule has 22 heavy (non-hydrogen) atoms. The molecule has 1 fully saturated rings. The third-order valence-electron chi connectivity index (χ3n) is 3.71. The molecule has 2 N–H and O–H groups in total. The van der Waals surface area contributed by atoms with Crippen LogP contribution in [-0.4, -0.2) is 28.7 Å². The van der Waals surface area contributed by atoms with Crippen LogP contribution in [0.15, 0.2) is 40.9 Å². The molecule has 1 heterocycles. The minimum Gasteiger partial charge on any atom is -0.481 e. The second-order valence-electron chi connectivity index (χ2n) is 5.40. The Morgan fingerprint density at radius 1 is 1.32 bits per heavy atom. The number of aromatic nitrogens is 1. The molecule has 0 spiro atoms. The molecule has 1 saturated carbocycles. The fourth-order valence-corrected chi connectivity index (χ4v) is 2.27. The fourth-order valence-electron chi connectivity index (χ4n) is 2.27. The Morgan fingerprint density at radius 2 is 2.05 bits per heavy atom. The number of hydrogen-bond acceptors (Lipinski definition) is 4. The number of carbonyl (C=O) groups excluding carboxylic acids is 1. The van der Waals surface area contributed by atoms with Crippen LogP contribution in [0.25, 0.3) is 0 Å². The van der Waals surface area contributed by atoms with Crippen molar-refractivity contribution in [1.82, 2.24) is 10.5 Å². The van der Waals surface area contributed by atoms with E-state index in [4.69, 9.17) is 4.52 Å². The zero-order valence-electron chi connectivity index (χ0n) is 11.9. The third kappa shape index (κ3) is 3.16. The van der Waals surface area contributed by atoms with Crippen LogP contribution in [0, 0.1) is 0 Å². The summed E-state index contributed by atoms with van der Waals surface area (Å²) in [5.74, 6) is -1.09. The van der Waals surface area contributed by atoms with Crippen LogP contribution in [0.2, 0.25) is 0 Å². The second-order valence-corrected chi connectivity index (χ2v) is 5.40. The van der Waals surface area contributed by atoms with E-state index in [0.29, 0.717) is 11.5 Å². The zero-order valence-corrected chi connectivity index (χ0v) is 11.9. The van der Waals surface area contributed by atoms with Gasteiger partial charge in [0.1, 0.15) is 5.76 Å². The van der Waals surface area contributed by atoms with Crippen molar-refractivity contribution in [3.05, 3.63) is 53.4 Å². The lowest BCUT2D eigenvalue weighted by molar-refractivity contribution is -0.138. The van der Waals surface area contributed by atoms with Gasteiger partial charge in [-0.15, -0.1) is 0 Å². The average molecular weight is 300 g/mol. The Labute approximate surface area is 127 Å². The van der Waals surface area contributed by atoms with Crippen LogP contribution in [-0.2, 0) is 4.79 Å². The van der Waals surface area contributed by atoms with E-state index in [2.05, 4.69) is 10.5 Å². The van der Waals surface area contributed by atoms with E-state index in [9.17, 15) is 14.7 Å². The molecule has 6 heteroatoms. The molecule has 1 atom stereocenters. The fraction of sp³-hybridized carbons (Fsp3) is 0.312. The standard InChI is InChI=1S/C16H16N2O4/c19-15(13-8-14(22-18-13)11-6-7-11)17-9-12(16(20)21)10-4-2-1-3-5-10/h1-5,8,11-12H,6-7,9H2,(H,17,19)(H,20,21). The highest BCUT2D eigenvalue weighted by Gasteiger charge is 2.29. The van der Waals surface area contributed by atoms with Crippen LogP contribution in [0.5, 0.6) is 0 Å². The maximum absolute atomic E-state index is 12.0. The maximum atomic E-state index is 12.0. The first-order valence-corrected chi connectivity index (χ1v) is 7.17. The van der Waals surface area contributed by atoms with Crippen LogP contribution in [0.1, 0.15) is 46.5 Å². The number of nitrogens with zero attached hydrogens (tertiary/aromatic N) is 1. The Hall–Kier alpha value is -2.63. The molecule has 1 aliphatic carbocycles. The molecule has 0 radical (unpaired) electrons. The minimum absolute atomic E-state index is 0.00377. The average Bonchev–Trinajstić information content (AvgIpc) is 3.25. The largest absolute Gasteiger partial charge is 0.481 e. The Morgan fingerprint density at radius 3 is 2.68 bits per heavy atom. The van der Waals surface area contributed by atoms with Crippen LogP contribution >= 0.6 is 0 Å². The van der Waals surface area contributed by atoms with E-state index in [0.717, 1.165) is 18.6 Å². The van der Waals surface area contributed by atoms with Crippen molar-refractivity contribution in [3.8, 4) is 0 Å². The van der Waals surface area contributed by atoms with Gasteiger partial charge >= 0.3 is 5.97 Å². The van der Waals surface area contributed by atoms with Crippen molar-refractivity contribution in [3.63, 3.8) is 0 Å². The first kappa shape index (κ1) is 14.3. The predicted molar refractivity (Wildman–Crippen MR) is 77.6 cm³/mol. The van der Waals surface area contributed by atoms with Crippen LogP contribution < -0.4 is 5.32 Å². The van der Waals surface area contributed by atoms with Gasteiger partial charge in [0.05, 0.1) is 5.92 Å². The van der Waals surface area contributed by atoms with E-state index in [1.807, 2.05) is 6.07 Å². The van der Waals surface area contributed by atoms with Crippen molar-refractivity contribution in [2.24, 2.45) is 0 Å². The van der Waals surface area contributed by atoms with Gasteiger partial charge in [0.15, 0.2) is 5.69 Å². The summed E-state index contributed by atoms with van der Waals surface area (Å²) < 4.78 is 5.12. The molecular formula is C16H16N2O4. The lowest BCUT2D eigenvalue weighted by Crippen LogP contribution is -2.31. The van der Waals surface area contributed by atoms with E-state index < -0.39 is 17.8 Å². The van der Waals surface area contributed by atoms with E-state index in [-0.39, 0.29) is 12.2 Å². The number of benzene rings is 1. The first-order chi connectivity index (χ1) is 10.6. The summed E-state index contributed by atoms with van der Waals surface area (Å²) in [6.07, 6.45) is 2.12. The van der Waals surface area contributed by atoms with Gasteiger partial charge in [-0.05, 0) is 18.4 Å². The highest BCUT2D eigenvalue weighted by Crippen LogP contribution is 2.40. The van der Waals surface area contributed by atoms with Gasteiger partial charge in [-0.2, -0.15) is 0 Å². The molecule has 0 aliphatic heterocycles. The summed E-state index contributed by atoms with van der Waals surface area (Å²) >= 11 is 0. The van der Waals surface area contributed by atoms with Crippen molar-refractivity contribution < 1.29 is 19.2 Å². The predicted octanol–water partition coefficient (Wildman–Crippen LogP) is 2.15. The highest BCUT2D eigenvalue weighted by atomic mass is 16.5. The Kier molecular flexibility index (Phi) is 3.91. The van der Waals surface area contributed by atoms with Crippen LogP contribution in [0.3, 0.4) is 0 Å². The molecule has 0 saturated heterocycles. The molecule has 2 aromatic rings. The number of carbonyl (C=O) groups is 2. The third-order valence-corrected chi connectivity index (χ3v) is 3.71. The van der Waals surface area contributed by atoms with Crippen molar-refractivity contribution in [2.45, 2.75) is 24.7 Å². The maximum Gasteiger partial charge on any atom is 0.312 e. The lowest BCUT2D eigenvalue weighted by atomic mass is 9.99. The molecule has 0 bridgehead atoms. The van der Waals surface area contributed by atoms with E-state index in [1.165, 1.54) is 0 Å². The number of carboxylic acids is 1. The first-order valence-electron chi connectivity index (χ1n) is 7.17. The molecule has 3 rings (SSSR count). The van der Waals surface area contributed by atoms with Gasteiger partial charge in [-0.1, -0.05) is 35.5 Å². The zero-order chi connectivity index (χ0) is 15.5. The summed E-state index contributed by atoms with van der Waals surface area (Å²) in [4.78, 5) is 23.4. The molecule has 1 unspecified atom stereocenters. The van der Waals surface area contributed by atoms with Gasteiger partial charge < -0.3 is 14.9 Å². The second kappa shape index (κ2) is 6.01. The number of carboxylic acid groups (broad SMARTS) is 1. The highest BCUT2D eigenvalue weighted by molar-refractivity contribution is 5.92. The van der Waals surface area contributed by atoms with Crippen molar-refractivity contribution in [1.29, 1.82) is 0 Å². The number of nitrogens with one attached hydrogen (secondary N) is 1. The van der Waals surface area contributed by atoms with Crippen molar-refractivity contribution in [2.75, 3.05) is 6.54 Å². The summed E-state index contributed by atoms with van der Waals surface area (Å²) in [6, 6.07) is 10.4. The summed E-state index contributed by atoms with van der Waals surface area (Å²) in [5.41, 5.74) is 0.841. The lowest BCUT2D eigenvalue weighted by Gasteiger charge is -2.13. The molecule has 1 aliphatic rings. The van der Waals surface area contributed by atoms with Crippen LogP contribution in [0.4, 0.5) is 0 Å². The van der Waals surface area contributed by atoms with Crippen molar-refractivity contribution >= 4 is 11.9 Å². The summed E-state index contributed by atoms with van der Waals surface area (Å²) in [5, 5.41) is 15.7. The molecular weight excluding hydrogens is 284 g/mol. The van der Waals surface area contributed by atoms with Gasteiger partial charge in [0, 0.05) is 18.5 Å². The van der Waals surface area contributed by atoms with Gasteiger partial charge in [0.2, 0.25) is 0 Å². The molecule has 114 valence electrons. The normalized spacial score (nSPS) is 15.3. The SMILES string of the molecule is O=C(NCC(C(=O)O)c1ccccc1)c1cc(C2CC2)on1. The number of aliphatic carboxylic acids is 1. The van der Waals surface area contributed by atoms with Gasteiger partial charge in [0.25, 0.3) is 5.91 Å². The Balaban J connectivity index is 1.63. The topological polar surface area (TPSA) is 92.4 Å². The Bertz CT molecular complexity index is 676.